The summed E-state index contributed by atoms with van der Waals surface area (Å²) in [5.41, 5.74) is 2.52. The van der Waals surface area contributed by atoms with Gasteiger partial charge in [-0.1, -0.05) is 22.0 Å². The van der Waals surface area contributed by atoms with E-state index in [0.717, 1.165) is 11.1 Å². The van der Waals surface area contributed by atoms with Crippen LogP contribution in [0.2, 0.25) is 0 Å². The van der Waals surface area contributed by atoms with Crippen LogP contribution in [0.5, 0.6) is 0 Å². The first kappa shape index (κ1) is 12.2. The van der Waals surface area contributed by atoms with Crippen LogP contribution >= 0.6 is 27.7 Å². The third-order valence-electron chi connectivity index (χ3n) is 3.05. The maximum Gasteiger partial charge on any atom is 0.131 e. The molecule has 0 radical (unpaired) electrons. The van der Waals surface area contributed by atoms with E-state index >= 15 is 0 Å². The summed E-state index contributed by atoms with van der Waals surface area (Å²) in [4.78, 5) is 6.92. The second-order valence-corrected chi connectivity index (χ2v) is 5.96. The summed E-state index contributed by atoms with van der Waals surface area (Å²) in [6.07, 6.45) is 3.25. The van der Waals surface area contributed by atoms with Crippen LogP contribution in [0.25, 0.3) is 0 Å². The summed E-state index contributed by atoms with van der Waals surface area (Å²) in [6, 6.07) is 2.88. The number of alkyl halides is 1. The Labute approximate surface area is 110 Å². The molecule has 2 rings (SSSR count). The van der Waals surface area contributed by atoms with E-state index in [9.17, 15) is 0 Å². The quantitative estimate of drug-likeness (QED) is 0.798. The Hall–Kier alpha value is -0.220. The predicted molar refractivity (Wildman–Crippen MR) is 75.7 cm³/mol. The lowest BCUT2D eigenvalue weighted by Crippen LogP contribution is -2.32. The average molecular weight is 301 g/mol. The number of aromatic nitrogens is 1. The van der Waals surface area contributed by atoms with Crippen LogP contribution in [0, 0.1) is 6.92 Å². The highest BCUT2D eigenvalue weighted by molar-refractivity contribution is 9.08. The molecular formula is C12H17BrN2S. The van der Waals surface area contributed by atoms with E-state index in [0.29, 0.717) is 6.04 Å². The minimum Gasteiger partial charge on any atom is -0.356 e. The van der Waals surface area contributed by atoms with Crippen LogP contribution in [-0.2, 0) is 5.33 Å². The van der Waals surface area contributed by atoms with Gasteiger partial charge in [-0.3, -0.25) is 0 Å². The molecule has 1 aromatic heterocycles. The largest absolute Gasteiger partial charge is 0.356 e. The van der Waals surface area contributed by atoms with Gasteiger partial charge in [0.25, 0.3) is 0 Å². The number of halogens is 1. The summed E-state index contributed by atoms with van der Waals surface area (Å²) in [7, 11) is 2.17. The number of anilines is 1. The van der Waals surface area contributed by atoms with Crippen molar-refractivity contribution < 1.29 is 0 Å². The molecule has 0 saturated carbocycles. The van der Waals surface area contributed by atoms with Crippen LogP contribution in [0.4, 0.5) is 5.82 Å². The minimum atomic E-state index is 0.658. The number of hydrogen-bond donors (Lipinski definition) is 0. The smallest absolute Gasteiger partial charge is 0.131 e. The van der Waals surface area contributed by atoms with Gasteiger partial charge in [-0.2, -0.15) is 11.8 Å². The fourth-order valence-corrected chi connectivity index (χ4v) is 3.64. The highest BCUT2D eigenvalue weighted by atomic mass is 79.9. The van der Waals surface area contributed by atoms with Crippen molar-refractivity contribution in [3.63, 3.8) is 0 Å². The van der Waals surface area contributed by atoms with Gasteiger partial charge in [0.05, 0.1) is 0 Å². The summed E-state index contributed by atoms with van der Waals surface area (Å²) in [5, 5.41) is 0.879. The van der Waals surface area contributed by atoms with Gasteiger partial charge < -0.3 is 4.90 Å². The van der Waals surface area contributed by atoms with Crippen LogP contribution in [0.15, 0.2) is 12.3 Å². The molecule has 4 heteroatoms. The normalized spacial score (nSPS) is 20.1. The molecule has 0 bridgehead atoms. The van der Waals surface area contributed by atoms with Gasteiger partial charge in [0.2, 0.25) is 0 Å². The van der Waals surface area contributed by atoms with Gasteiger partial charge in [0, 0.05) is 30.4 Å². The molecule has 2 nitrogen and oxygen atoms in total. The fourth-order valence-electron chi connectivity index (χ4n) is 2.07. The van der Waals surface area contributed by atoms with Gasteiger partial charge in [0.15, 0.2) is 0 Å². The van der Waals surface area contributed by atoms with Crippen molar-refractivity contribution in [1.29, 1.82) is 0 Å². The van der Waals surface area contributed by atoms with Crippen molar-refractivity contribution in [2.75, 3.05) is 23.5 Å². The van der Waals surface area contributed by atoms with E-state index in [1.54, 1.807) is 0 Å². The lowest BCUT2D eigenvalue weighted by atomic mass is 10.2. The molecule has 1 aliphatic rings. The minimum absolute atomic E-state index is 0.658. The summed E-state index contributed by atoms with van der Waals surface area (Å²) in [6.45, 7) is 2.15. The molecule has 1 aliphatic heterocycles. The van der Waals surface area contributed by atoms with Gasteiger partial charge in [-0.05, 0) is 30.2 Å². The second-order valence-electron chi connectivity index (χ2n) is 4.25. The fraction of sp³-hybridized carbons (Fsp3) is 0.583. The zero-order chi connectivity index (χ0) is 11.5. The van der Waals surface area contributed by atoms with Gasteiger partial charge >= 0.3 is 0 Å². The van der Waals surface area contributed by atoms with E-state index in [2.05, 4.69) is 45.9 Å². The number of nitrogens with zero attached hydrogens (tertiary/aromatic N) is 2. The number of aryl methyl sites for hydroxylation is 1. The van der Waals surface area contributed by atoms with E-state index in [4.69, 9.17) is 0 Å². The first-order valence-corrected chi connectivity index (χ1v) is 7.82. The summed E-state index contributed by atoms with van der Waals surface area (Å²) < 4.78 is 0. The van der Waals surface area contributed by atoms with Gasteiger partial charge in [-0.15, -0.1) is 0 Å². The molecule has 2 heterocycles. The van der Waals surface area contributed by atoms with Crippen molar-refractivity contribution in [3.05, 3.63) is 23.4 Å². The molecule has 16 heavy (non-hydrogen) atoms. The van der Waals surface area contributed by atoms with Crippen LogP contribution in [0.3, 0.4) is 0 Å². The average Bonchev–Trinajstić information content (AvgIpc) is 2.81. The number of pyridine rings is 1. The van der Waals surface area contributed by atoms with E-state index in [1.807, 2.05) is 18.0 Å². The highest BCUT2D eigenvalue weighted by Crippen LogP contribution is 2.27. The van der Waals surface area contributed by atoms with E-state index < -0.39 is 0 Å². The van der Waals surface area contributed by atoms with Crippen molar-refractivity contribution in [2.45, 2.75) is 24.7 Å². The topological polar surface area (TPSA) is 16.1 Å². The Morgan fingerprint density at radius 3 is 3.00 bits per heavy atom. The zero-order valence-electron chi connectivity index (χ0n) is 9.74. The van der Waals surface area contributed by atoms with Crippen LogP contribution in [-0.4, -0.2) is 29.6 Å². The Bertz CT molecular complexity index is 364. The predicted octanol–water partition coefficient (Wildman–Crippen LogP) is 3.23. The number of hydrogen-bond acceptors (Lipinski definition) is 3. The Morgan fingerprint density at radius 1 is 1.62 bits per heavy atom. The van der Waals surface area contributed by atoms with Crippen molar-refractivity contribution >= 4 is 33.5 Å². The molecule has 1 atom stereocenters. The molecule has 1 aromatic rings. The monoisotopic (exact) mass is 300 g/mol. The van der Waals surface area contributed by atoms with Crippen molar-refractivity contribution in [2.24, 2.45) is 0 Å². The standard InChI is InChI=1S/C12H17BrN2S/c1-9-5-10(6-13)7-14-12(9)15(2)11-3-4-16-8-11/h5,7,11H,3-4,6,8H2,1-2H3. The lowest BCUT2D eigenvalue weighted by Gasteiger charge is -2.26. The molecule has 0 aliphatic carbocycles. The molecule has 0 spiro atoms. The van der Waals surface area contributed by atoms with Crippen molar-refractivity contribution in [3.8, 4) is 0 Å². The molecule has 1 saturated heterocycles. The Balaban J connectivity index is 2.19. The maximum atomic E-state index is 4.58. The Kier molecular flexibility index (Phi) is 4.14. The molecule has 88 valence electrons. The SMILES string of the molecule is Cc1cc(CBr)cnc1N(C)C1CCSC1. The molecular weight excluding hydrogens is 284 g/mol. The third kappa shape index (κ3) is 2.54. The lowest BCUT2D eigenvalue weighted by molar-refractivity contribution is 0.689. The molecule has 1 unspecified atom stereocenters. The van der Waals surface area contributed by atoms with E-state index in [-0.39, 0.29) is 0 Å². The third-order valence-corrected chi connectivity index (χ3v) is 4.84. The van der Waals surface area contributed by atoms with E-state index in [1.165, 1.54) is 29.1 Å². The number of rotatable bonds is 3. The molecule has 1 fully saturated rings. The Morgan fingerprint density at radius 2 is 2.44 bits per heavy atom. The summed E-state index contributed by atoms with van der Waals surface area (Å²) in [5.74, 6) is 3.66. The molecule has 0 aromatic carbocycles. The second kappa shape index (κ2) is 5.41. The first-order valence-electron chi connectivity index (χ1n) is 5.54. The van der Waals surface area contributed by atoms with Crippen LogP contribution < -0.4 is 4.90 Å². The van der Waals surface area contributed by atoms with Gasteiger partial charge in [0.1, 0.15) is 5.82 Å². The van der Waals surface area contributed by atoms with Crippen molar-refractivity contribution in [1.82, 2.24) is 4.98 Å². The molecule has 0 N–H and O–H groups in total. The van der Waals surface area contributed by atoms with Crippen LogP contribution in [0.1, 0.15) is 17.5 Å². The number of thioether (sulfide) groups is 1. The highest BCUT2D eigenvalue weighted by Gasteiger charge is 2.22. The first-order chi connectivity index (χ1) is 7.72. The maximum absolute atomic E-state index is 4.58. The summed E-state index contributed by atoms with van der Waals surface area (Å²) >= 11 is 5.50. The molecule has 0 amide bonds. The zero-order valence-corrected chi connectivity index (χ0v) is 12.1. The van der Waals surface area contributed by atoms with Gasteiger partial charge in [-0.25, -0.2) is 4.98 Å².